The molecule has 0 spiro atoms. The maximum atomic E-state index is 14.0. The van der Waals surface area contributed by atoms with Gasteiger partial charge in [-0.25, -0.2) is 14.6 Å². The molecule has 4 aromatic rings. The highest BCUT2D eigenvalue weighted by atomic mass is 32.1. The SMILES string of the molecule is CCOC(=O)COc1ccc2ccccc2c1/C=c1/sc2n(c1=O)[C@H](c1ccccc1)C(C(=O)OC)=C(CC)N=2. The van der Waals surface area contributed by atoms with E-state index in [1.54, 1.807) is 23.6 Å². The normalized spacial score (nSPS) is 15.0. The molecule has 0 aliphatic carbocycles. The Hall–Kier alpha value is -4.50. The molecule has 0 bridgehead atoms. The van der Waals surface area contributed by atoms with Crippen molar-refractivity contribution in [2.75, 3.05) is 20.3 Å². The highest BCUT2D eigenvalue weighted by Gasteiger charge is 2.33. The van der Waals surface area contributed by atoms with Gasteiger partial charge in [-0.2, -0.15) is 0 Å². The van der Waals surface area contributed by atoms with Crippen molar-refractivity contribution >= 4 is 40.1 Å². The number of carbonyl (C=O) groups is 2. The number of allylic oxidation sites excluding steroid dienone is 1. The number of benzene rings is 3. The van der Waals surface area contributed by atoms with E-state index in [2.05, 4.69) is 0 Å². The first-order chi connectivity index (χ1) is 19.5. The molecule has 0 amide bonds. The van der Waals surface area contributed by atoms with E-state index in [1.807, 2.05) is 67.6 Å². The van der Waals surface area contributed by atoms with E-state index in [0.29, 0.717) is 38.3 Å². The van der Waals surface area contributed by atoms with Crippen molar-refractivity contribution in [3.8, 4) is 5.75 Å². The minimum absolute atomic E-state index is 0.254. The van der Waals surface area contributed by atoms with Crippen LogP contribution < -0.4 is 19.6 Å². The first kappa shape index (κ1) is 27.1. The highest BCUT2D eigenvalue weighted by Crippen LogP contribution is 2.32. The third kappa shape index (κ3) is 5.08. The van der Waals surface area contributed by atoms with E-state index in [-0.39, 0.29) is 18.8 Å². The van der Waals surface area contributed by atoms with Gasteiger partial charge in [0.25, 0.3) is 5.56 Å². The maximum absolute atomic E-state index is 14.0. The van der Waals surface area contributed by atoms with Gasteiger partial charge in [0.05, 0.1) is 35.6 Å². The summed E-state index contributed by atoms with van der Waals surface area (Å²) in [6.45, 7) is 3.65. The van der Waals surface area contributed by atoms with Crippen LogP contribution in [0.15, 0.2) is 87.8 Å². The summed E-state index contributed by atoms with van der Waals surface area (Å²) in [6, 6.07) is 20.1. The molecule has 0 N–H and O–H groups in total. The topological polar surface area (TPSA) is 96.2 Å². The largest absolute Gasteiger partial charge is 0.481 e. The lowest BCUT2D eigenvalue weighted by atomic mass is 9.95. The summed E-state index contributed by atoms with van der Waals surface area (Å²) < 4.78 is 18.0. The molecule has 5 rings (SSSR count). The summed E-state index contributed by atoms with van der Waals surface area (Å²) >= 11 is 1.24. The Morgan fingerprint density at radius 3 is 2.50 bits per heavy atom. The molecule has 8 nitrogen and oxygen atoms in total. The lowest BCUT2D eigenvalue weighted by Crippen LogP contribution is -2.40. The number of nitrogens with zero attached hydrogens (tertiary/aromatic N) is 2. The minimum atomic E-state index is -0.686. The first-order valence-electron chi connectivity index (χ1n) is 12.9. The fraction of sp³-hybridized carbons (Fsp3) is 0.226. The van der Waals surface area contributed by atoms with Gasteiger partial charge in [0, 0.05) is 5.56 Å². The van der Waals surface area contributed by atoms with Gasteiger partial charge in [-0.05, 0) is 41.8 Å². The number of thiazole rings is 1. The van der Waals surface area contributed by atoms with Crippen molar-refractivity contribution < 1.29 is 23.8 Å². The predicted molar refractivity (Wildman–Crippen MR) is 153 cm³/mol. The molecule has 204 valence electrons. The zero-order chi connectivity index (χ0) is 28.2. The van der Waals surface area contributed by atoms with E-state index >= 15 is 0 Å². The first-order valence-corrected chi connectivity index (χ1v) is 13.8. The van der Waals surface area contributed by atoms with E-state index in [1.165, 1.54) is 18.4 Å². The molecule has 1 aliphatic heterocycles. The molecule has 0 fully saturated rings. The summed E-state index contributed by atoms with van der Waals surface area (Å²) in [5.41, 5.74) is 2.07. The quantitative estimate of drug-likeness (QED) is 0.306. The van der Waals surface area contributed by atoms with Crippen LogP contribution in [0.1, 0.15) is 37.4 Å². The van der Waals surface area contributed by atoms with E-state index in [9.17, 15) is 14.4 Å². The second-order valence-electron chi connectivity index (χ2n) is 8.99. The van der Waals surface area contributed by atoms with Crippen LogP contribution in [0.4, 0.5) is 0 Å². The number of hydrogen-bond acceptors (Lipinski definition) is 8. The number of aromatic nitrogens is 1. The standard InChI is InChI=1S/C31H28N2O6S/c1-4-23-27(30(36)37-3)28(20-12-7-6-8-13-20)33-29(35)25(40-31(33)32-23)17-22-21-14-10-9-11-19(21)15-16-24(22)39-18-26(34)38-5-2/h6-17,28H,4-5,18H2,1-3H3/b25-17+/t28-/m1/s1. The van der Waals surface area contributed by atoms with Crippen LogP contribution in [0.5, 0.6) is 5.75 Å². The average Bonchev–Trinajstić information content (AvgIpc) is 3.30. The lowest BCUT2D eigenvalue weighted by Gasteiger charge is -2.25. The van der Waals surface area contributed by atoms with Gasteiger partial charge in [-0.15, -0.1) is 0 Å². The molecule has 1 aromatic heterocycles. The zero-order valence-electron chi connectivity index (χ0n) is 22.4. The van der Waals surface area contributed by atoms with Crippen molar-refractivity contribution in [3.63, 3.8) is 0 Å². The Balaban J connectivity index is 1.73. The van der Waals surface area contributed by atoms with Gasteiger partial charge in [0.2, 0.25) is 0 Å². The summed E-state index contributed by atoms with van der Waals surface area (Å²) in [4.78, 5) is 44.3. The average molecular weight is 557 g/mol. The fourth-order valence-corrected chi connectivity index (χ4v) is 5.84. The summed E-state index contributed by atoms with van der Waals surface area (Å²) in [5, 5.41) is 1.81. The minimum Gasteiger partial charge on any atom is -0.481 e. The molecule has 0 saturated carbocycles. The van der Waals surface area contributed by atoms with E-state index in [0.717, 1.165) is 16.3 Å². The van der Waals surface area contributed by atoms with E-state index < -0.39 is 18.0 Å². The van der Waals surface area contributed by atoms with Crippen molar-refractivity contribution in [2.45, 2.75) is 26.3 Å². The van der Waals surface area contributed by atoms with Crippen molar-refractivity contribution in [1.82, 2.24) is 4.57 Å². The number of fused-ring (bicyclic) bond motifs is 2. The zero-order valence-corrected chi connectivity index (χ0v) is 23.2. The number of carbonyl (C=O) groups excluding carboxylic acids is 2. The Bertz CT molecular complexity index is 1800. The van der Waals surface area contributed by atoms with Gasteiger partial charge < -0.3 is 14.2 Å². The maximum Gasteiger partial charge on any atom is 0.344 e. The van der Waals surface area contributed by atoms with Gasteiger partial charge in [0.1, 0.15) is 5.75 Å². The van der Waals surface area contributed by atoms with Crippen LogP contribution in [-0.4, -0.2) is 36.8 Å². The third-order valence-corrected chi connectivity index (χ3v) is 7.61. The molecular formula is C31H28N2O6S. The van der Waals surface area contributed by atoms with E-state index in [4.69, 9.17) is 19.2 Å². The van der Waals surface area contributed by atoms with Gasteiger partial charge in [-0.3, -0.25) is 9.36 Å². The van der Waals surface area contributed by atoms with Gasteiger partial charge >= 0.3 is 11.9 Å². The Morgan fingerprint density at radius 2 is 1.77 bits per heavy atom. The molecule has 0 unspecified atom stereocenters. The Kier molecular flexibility index (Phi) is 7.93. The van der Waals surface area contributed by atoms with Crippen LogP contribution in [0, 0.1) is 0 Å². The molecule has 40 heavy (non-hydrogen) atoms. The lowest BCUT2D eigenvalue weighted by molar-refractivity contribution is -0.145. The molecule has 1 atom stereocenters. The van der Waals surface area contributed by atoms with Crippen molar-refractivity contribution in [1.29, 1.82) is 0 Å². The molecule has 2 heterocycles. The number of ether oxygens (including phenoxy) is 3. The smallest absolute Gasteiger partial charge is 0.344 e. The summed E-state index contributed by atoms with van der Waals surface area (Å²) in [5.74, 6) is -0.555. The van der Waals surface area contributed by atoms with Gasteiger partial charge in [0.15, 0.2) is 11.4 Å². The number of hydrogen-bond donors (Lipinski definition) is 0. The molecule has 0 radical (unpaired) electrons. The van der Waals surface area contributed by atoms with Crippen molar-refractivity contribution in [3.05, 3.63) is 109 Å². The van der Waals surface area contributed by atoms with Crippen LogP contribution in [0.25, 0.3) is 16.8 Å². The van der Waals surface area contributed by atoms with Crippen LogP contribution in [0.2, 0.25) is 0 Å². The van der Waals surface area contributed by atoms with Crippen LogP contribution in [0.3, 0.4) is 0 Å². The summed E-state index contributed by atoms with van der Waals surface area (Å²) in [7, 11) is 1.33. The number of rotatable bonds is 8. The molecule has 9 heteroatoms. The summed E-state index contributed by atoms with van der Waals surface area (Å²) in [6.07, 6.45) is 2.26. The molecule has 0 saturated heterocycles. The molecule has 1 aliphatic rings. The molecular weight excluding hydrogens is 528 g/mol. The van der Waals surface area contributed by atoms with Crippen molar-refractivity contribution in [2.24, 2.45) is 4.99 Å². The highest BCUT2D eigenvalue weighted by molar-refractivity contribution is 7.07. The predicted octanol–water partition coefficient (Wildman–Crippen LogP) is 3.89. The van der Waals surface area contributed by atoms with Crippen LogP contribution >= 0.6 is 11.3 Å². The Morgan fingerprint density at radius 1 is 1.02 bits per heavy atom. The van der Waals surface area contributed by atoms with Crippen LogP contribution in [-0.2, 0) is 19.1 Å². The number of esters is 2. The number of methoxy groups -OCH3 is 1. The fourth-order valence-electron chi connectivity index (χ4n) is 4.84. The second-order valence-corrected chi connectivity index (χ2v) is 10.0. The monoisotopic (exact) mass is 556 g/mol. The molecule has 3 aromatic carbocycles. The van der Waals surface area contributed by atoms with Gasteiger partial charge in [-0.1, -0.05) is 78.9 Å². The second kappa shape index (κ2) is 11.7. The Labute approximate surface area is 234 Å². The third-order valence-electron chi connectivity index (χ3n) is 6.62.